The third-order valence-corrected chi connectivity index (χ3v) is 3.45. The van der Waals surface area contributed by atoms with Crippen molar-refractivity contribution in [3.63, 3.8) is 0 Å². The fourth-order valence-electron chi connectivity index (χ4n) is 2.02. The molecule has 0 aliphatic heterocycles. The first-order chi connectivity index (χ1) is 8.25. The first-order valence-electron chi connectivity index (χ1n) is 5.76. The predicted molar refractivity (Wildman–Crippen MR) is 71.1 cm³/mol. The van der Waals surface area contributed by atoms with Crippen molar-refractivity contribution in [2.24, 2.45) is 0 Å². The summed E-state index contributed by atoms with van der Waals surface area (Å²) in [6.45, 7) is 0. The van der Waals surface area contributed by atoms with Gasteiger partial charge in [0.05, 0.1) is 16.4 Å². The number of nitrogens with zero attached hydrogens (tertiary/aromatic N) is 1. The number of benzene rings is 1. The molecule has 1 aliphatic rings. The molecule has 0 unspecified atom stereocenters. The minimum Gasteiger partial charge on any atom is -0.397 e. The topological polar surface area (TPSA) is 38.9 Å². The summed E-state index contributed by atoms with van der Waals surface area (Å²) in [5.41, 5.74) is 9.70. The number of nitrogens with two attached hydrogens (primary N) is 1. The van der Waals surface area contributed by atoms with Crippen LogP contribution >= 0.6 is 11.6 Å². The molecule has 1 aliphatic carbocycles. The monoisotopic (exact) mass is 244 g/mol. The van der Waals surface area contributed by atoms with E-state index in [-0.39, 0.29) is 0 Å². The van der Waals surface area contributed by atoms with Crippen molar-refractivity contribution >= 4 is 17.3 Å². The molecule has 3 heteroatoms. The lowest BCUT2D eigenvalue weighted by Crippen LogP contribution is -1.96. The van der Waals surface area contributed by atoms with Gasteiger partial charge in [-0.25, -0.2) is 0 Å². The Morgan fingerprint density at radius 2 is 2.00 bits per heavy atom. The molecule has 0 atom stereocenters. The van der Waals surface area contributed by atoms with E-state index in [2.05, 4.69) is 4.98 Å². The van der Waals surface area contributed by atoms with Crippen LogP contribution in [0, 0.1) is 0 Å². The van der Waals surface area contributed by atoms with E-state index in [4.69, 9.17) is 17.3 Å². The minimum atomic E-state index is 0.671. The SMILES string of the molecule is Nc1cc(C2CC2)cnc1-c1ccccc1Cl. The van der Waals surface area contributed by atoms with Gasteiger partial charge >= 0.3 is 0 Å². The van der Waals surface area contributed by atoms with Crippen LogP contribution in [0.3, 0.4) is 0 Å². The Kier molecular flexibility index (Phi) is 2.52. The molecule has 2 aromatic rings. The number of pyridine rings is 1. The van der Waals surface area contributed by atoms with Gasteiger partial charge in [-0.2, -0.15) is 0 Å². The van der Waals surface area contributed by atoms with Crippen molar-refractivity contribution in [2.45, 2.75) is 18.8 Å². The average Bonchev–Trinajstić information content (AvgIpc) is 3.14. The van der Waals surface area contributed by atoms with Gasteiger partial charge in [0, 0.05) is 11.8 Å². The fraction of sp³-hybridized carbons (Fsp3) is 0.214. The van der Waals surface area contributed by atoms with Gasteiger partial charge in [-0.15, -0.1) is 0 Å². The first-order valence-corrected chi connectivity index (χ1v) is 6.14. The lowest BCUT2D eigenvalue weighted by molar-refractivity contribution is 1.10. The normalized spacial score (nSPS) is 14.9. The molecule has 1 aromatic heterocycles. The zero-order chi connectivity index (χ0) is 11.8. The van der Waals surface area contributed by atoms with Crippen LogP contribution in [-0.2, 0) is 0 Å². The van der Waals surface area contributed by atoms with Crippen molar-refractivity contribution in [3.05, 3.63) is 47.1 Å². The summed E-state index contributed by atoms with van der Waals surface area (Å²) in [5, 5.41) is 0.686. The van der Waals surface area contributed by atoms with Crippen molar-refractivity contribution in [2.75, 3.05) is 5.73 Å². The van der Waals surface area contributed by atoms with Crippen molar-refractivity contribution < 1.29 is 0 Å². The average molecular weight is 245 g/mol. The summed E-state index contributed by atoms with van der Waals surface area (Å²) in [7, 11) is 0. The van der Waals surface area contributed by atoms with E-state index >= 15 is 0 Å². The van der Waals surface area contributed by atoms with E-state index in [9.17, 15) is 0 Å². The maximum Gasteiger partial charge on any atom is 0.0946 e. The summed E-state index contributed by atoms with van der Waals surface area (Å²) in [4.78, 5) is 4.46. The zero-order valence-electron chi connectivity index (χ0n) is 9.36. The third-order valence-electron chi connectivity index (χ3n) is 3.12. The van der Waals surface area contributed by atoms with Crippen LogP contribution < -0.4 is 5.73 Å². The highest BCUT2D eigenvalue weighted by atomic mass is 35.5. The Bertz CT molecular complexity index is 562. The molecule has 2 nitrogen and oxygen atoms in total. The van der Waals surface area contributed by atoms with E-state index in [1.807, 2.05) is 36.5 Å². The molecule has 0 bridgehead atoms. The molecule has 0 radical (unpaired) electrons. The number of nitrogen functional groups attached to an aromatic ring is 1. The van der Waals surface area contributed by atoms with Crippen molar-refractivity contribution in [1.82, 2.24) is 4.98 Å². The van der Waals surface area contributed by atoms with Gasteiger partial charge in [0.25, 0.3) is 0 Å². The van der Waals surface area contributed by atoms with Gasteiger partial charge in [-0.3, -0.25) is 4.98 Å². The molecule has 1 heterocycles. The first kappa shape index (κ1) is 10.6. The number of halogens is 1. The highest BCUT2D eigenvalue weighted by Gasteiger charge is 2.24. The lowest BCUT2D eigenvalue weighted by Gasteiger charge is -2.08. The second-order valence-electron chi connectivity index (χ2n) is 4.46. The molecule has 0 spiro atoms. The second-order valence-corrected chi connectivity index (χ2v) is 4.87. The molecule has 1 fully saturated rings. The summed E-state index contributed by atoms with van der Waals surface area (Å²) < 4.78 is 0. The van der Waals surface area contributed by atoms with Crippen LogP contribution in [0.4, 0.5) is 5.69 Å². The van der Waals surface area contributed by atoms with Gasteiger partial charge in [-0.05, 0) is 36.5 Å². The number of aromatic nitrogens is 1. The van der Waals surface area contributed by atoms with Crippen LogP contribution in [0.15, 0.2) is 36.5 Å². The number of rotatable bonds is 2. The zero-order valence-corrected chi connectivity index (χ0v) is 10.1. The van der Waals surface area contributed by atoms with E-state index in [0.717, 1.165) is 11.3 Å². The Hall–Kier alpha value is -1.54. The van der Waals surface area contributed by atoms with Crippen LogP contribution in [0.5, 0.6) is 0 Å². The molecule has 3 rings (SSSR count). The van der Waals surface area contributed by atoms with Gasteiger partial charge < -0.3 is 5.73 Å². The quantitative estimate of drug-likeness (QED) is 0.871. The highest BCUT2D eigenvalue weighted by molar-refractivity contribution is 6.33. The van der Waals surface area contributed by atoms with Gasteiger partial charge in [0.15, 0.2) is 0 Å². The Morgan fingerprint density at radius 3 is 2.65 bits per heavy atom. The Labute approximate surface area is 105 Å². The molecular formula is C14H13ClN2. The summed E-state index contributed by atoms with van der Waals surface area (Å²) in [5.74, 6) is 0.671. The lowest BCUT2D eigenvalue weighted by atomic mass is 10.1. The number of hydrogen-bond donors (Lipinski definition) is 1. The summed E-state index contributed by atoms with van der Waals surface area (Å²) in [6.07, 6.45) is 4.44. The molecule has 0 amide bonds. The smallest absolute Gasteiger partial charge is 0.0946 e. The maximum atomic E-state index is 6.15. The van der Waals surface area contributed by atoms with Crippen molar-refractivity contribution in [3.8, 4) is 11.3 Å². The Balaban J connectivity index is 2.06. The van der Waals surface area contributed by atoms with Gasteiger partial charge in [0.1, 0.15) is 0 Å². The van der Waals surface area contributed by atoms with Gasteiger partial charge in [-0.1, -0.05) is 29.8 Å². The van der Waals surface area contributed by atoms with E-state index in [0.29, 0.717) is 16.6 Å². The van der Waals surface area contributed by atoms with Crippen molar-refractivity contribution in [1.29, 1.82) is 0 Å². The molecule has 0 saturated heterocycles. The number of anilines is 1. The molecule has 1 aromatic carbocycles. The summed E-state index contributed by atoms with van der Waals surface area (Å²) in [6, 6.07) is 9.67. The second kappa shape index (κ2) is 4.04. The molecule has 17 heavy (non-hydrogen) atoms. The molecule has 2 N–H and O–H groups in total. The van der Waals surface area contributed by atoms with Crippen LogP contribution in [0.25, 0.3) is 11.3 Å². The molecule has 1 saturated carbocycles. The van der Waals surface area contributed by atoms with Crippen LogP contribution in [-0.4, -0.2) is 4.98 Å². The fourth-order valence-corrected chi connectivity index (χ4v) is 2.24. The van der Waals surface area contributed by atoms with E-state index < -0.39 is 0 Å². The van der Waals surface area contributed by atoms with Crippen LogP contribution in [0.1, 0.15) is 24.3 Å². The molecule has 86 valence electrons. The third kappa shape index (κ3) is 2.01. The highest BCUT2D eigenvalue weighted by Crippen LogP contribution is 2.41. The van der Waals surface area contributed by atoms with E-state index in [1.165, 1.54) is 18.4 Å². The summed E-state index contributed by atoms with van der Waals surface area (Å²) >= 11 is 6.15. The number of hydrogen-bond acceptors (Lipinski definition) is 2. The maximum absolute atomic E-state index is 6.15. The minimum absolute atomic E-state index is 0.671. The predicted octanol–water partition coefficient (Wildman–Crippen LogP) is 3.86. The Morgan fingerprint density at radius 1 is 1.24 bits per heavy atom. The van der Waals surface area contributed by atoms with E-state index in [1.54, 1.807) is 0 Å². The van der Waals surface area contributed by atoms with Gasteiger partial charge in [0.2, 0.25) is 0 Å². The standard InChI is InChI=1S/C14H13ClN2/c15-12-4-2-1-3-11(12)14-13(16)7-10(8-17-14)9-5-6-9/h1-4,7-9H,5-6,16H2. The van der Waals surface area contributed by atoms with Crippen LogP contribution in [0.2, 0.25) is 5.02 Å². The molecular weight excluding hydrogens is 232 g/mol. The largest absolute Gasteiger partial charge is 0.397 e.